The molecule has 0 saturated heterocycles. The molecule has 2 aliphatic carbocycles. The van der Waals surface area contributed by atoms with E-state index >= 15 is 13.2 Å². The van der Waals surface area contributed by atoms with Crippen LogP contribution in [0.15, 0.2) is 48.5 Å². The van der Waals surface area contributed by atoms with E-state index in [4.69, 9.17) is 0 Å². The summed E-state index contributed by atoms with van der Waals surface area (Å²) in [4.78, 5) is 0. The Hall–Kier alpha value is -2.62. The average molecular weight is 621 g/mol. The summed E-state index contributed by atoms with van der Waals surface area (Å²) in [7, 11) is 0. The lowest BCUT2D eigenvalue weighted by atomic mass is 9.68. The van der Waals surface area contributed by atoms with Crippen LogP contribution in [-0.4, -0.2) is 0 Å². The minimum Gasteiger partial charge on any atom is -0.203 e. The number of rotatable bonds is 13. The van der Waals surface area contributed by atoms with Crippen LogP contribution in [0.3, 0.4) is 0 Å². The van der Waals surface area contributed by atoms with Crippen molar-refractivity contribution in [2.45, 2.75) is 129 Å². The molecule has 0 radical (unpaired) electrons. The summed E-state index contributed by atoms with van der Waals surface area (Å²) in [6.07, 6.45) is 19.2. The highest BCUT2D eigenvalue weighted by Crippen LogP contribution is 2.45. The van der Waals surface area contributed by atoms with Crippen LogP contribution in [-0.2, 0) is 6.42 Å². The Bertz CT molecular complexity index is 1360. The first-order chi connectivity index (χ1) is 21.9. The van der Waals surface area contributed by atoms with Gasteiger partial charge in [-0.1, -0.05) is 120 Å². The standard InChI is InChI=1S/C41H52F4/c1-3-5-6-7-8-9-11-34-24-25-35(39(43)38(34)42)32-20-22-33(23-21-32)37-27-26-36(40(44)41(37)45)31-18-16-30(17-19-31)29-14-12-28(10-4-2)13-15-29/h20-31H,3-19H2,1-2H3. The Morgan fingerprint density at radius 2 is 1.04 bits per heavy atom. The maximum absolute atomic E-state index is 15.5. The number of hydrogen-bond donors (Lipinski definition) is 0. The van der Waals surface area contributed by atoms with Crippen LogP contribution in [0.1, 0.15) is 134 Å². The number of hydrogen-bond acceptors (Lipinski definition) is 0. The Morgan fingerprint density at radius 3 is 1.64 bits per heavy atom. The third-order valence-electron chi connectivity index (χ3n) is 11.0. The molecule has 4 heteroatoms. The summed E-state index contributed by atoms with van der Waals surface area (Å²) >= 11 is 0. The number of aryl methyl sites for hydroxylation is 1. The van der Waals surface area contributed by atoms with Crippen molar-refractivity contribution in [2.24, 2.45) is 17.8 Å². The minimum absolute atomic E-state index is 0.0607. The summed E-state index contributed by atoms with van der Waals surface area (Å²) in [6, 6.07) is 13.4. The van der Waals surface area contributed by atoms with E-state index in [-0.39, 0.29) is 17.0 Å². The molecular formula is C41H52F4. The van der Waals surface area contributed by atoms with E-state index in [1.807, 2.05) is 0 Å². The first-order valence-electron chi connectivity index (χ1n) is 18.0. The Labute approximate surface area is 269 Å². The first kappa shape index (κ1) is 33.7. The zero-order chi connectivity index (χ0) is 31.8. The highest BCUT2D eigenvalue weighted by Gasteiger charge is 2.32. The van der Waals surface area contributed by atoms with Crippen LogP contribution >= 0.6 is 0 Å². The van der Waals surface area contributed by atoms with Gasteiger partial charge in [-0.25, -0.2) is 17.6 Å². The summed E-state index contributed by atoms with van der Waals surface area (Å²) < 4.78 is 60.9. The Morgan fingerprint density at radius 1 is 0.511 bits per heavy atom. The van der Waals surface area contributed by atoms with E-state index < -0.39 is 23.3 Å². The van der Waals surface area contributed by atoms with Crippen LogP contribution in [0.25, 0.3) is 22.3 Å². The largest absolute Gasteiger partial charge is 0.203 e. The summed E-state index contributed by atoms with van der Waals surface area (Å²) in [5, 5.41) is 0. The SMILES string of the molecule is CCCCCCCCc1ccc(-c2ccc(-c3ccc(C4CCC(C5CCC(CCC)CC5)CC4)c(F)c3F)cc2)c(F)c1F. The monoisotopic (exact) mass is 620 g/mol. The van der Waals surface area contributed by atoms with Crippen LogP contribution < -0.4 is 0 Å². The number of halogens is 4. The molecule has 2 saturated carbocycles. The van der Waals surface area contributed by atoms with E-state index in [1.165, 1.54) is 57.8 Å². The zero-order valence-electron chi connectivity index (χ0n) is 27.5. The highest BCUT2D eigenvalue weighted by atomic mass is 19.2. The van der Waals surface area contributed by atoms with E-state index in [2.05, 4.69) is 13.8 Å². The maximum atomic E-state index is 15.5. The normalized spacial score (nSPS) is 22.1. The predicted octanol–water partition coefficient (Wildman–Crippen LogP) is 13.4. The van der Waals surface area contributed by atoms with Gasteiger partial charge in [-0.3, -0.25) is 0 Å². The van der Waals surface area contributed by atoms with Gasteiger partial charge in [0.15, 0.2) is 23.3 Å². The fourth-order valence-electron chi connectivity index (χ4n) is 8.29. The lowest BCUT2D eigenvalue weighted by Crippen LogP contribution is -2.25. The molecule has 0 nitrogen and oxygen atoms in total. The molecule has 3 aromatic rings. The van der Waals surface area contributed by atoms with Gasteiger partial charge in [-0.05, 0) is 97.3 Å². The minimum atomic E-state index is -0.855. The lowest BCUT2D eigenvalue weighted by molar-refractivity contribution is 0.156. The molecule has 0 aliphatic heterocycles. The van der Waals surface area contributed by atoms with Gasteiger partial charge in [0.2, 0.25) is 0 Å². The van der Waals surface area contributed by atoms with Crippen molar-refractivity contribution in [3.63, 3.8) is 0 Å². The van der Waals surface area contributed by atoms with Crippen LogP contribution in [0.4, 0.5) is 17.6 Å². The van der Waals surface area contributed by atoms with Crippen molar-refractivity contribution in [3.05, 3.63) is 82.9 Å². The molecule has 244 valence electrons. The van der Waals surface area contributed by atoms with Gasteiger partial charge >= 0.3 is 0 Å². The third kappa shape index (κ3) is 8.22. The molecule has 0 bridgehead atoms. The van der Waals surface area contributed by atoms with Gasteiger partial charge < -0.3 is 0 Å². The van der Waals surface area contributed by atoms with E-state index in [9.17, 15) is 4.39 Å². The highest BCUT2D eigenvalue weighted by molar-refractivity contribution is 5.71. The summed E-state index contributed by atoms with van der Waals surface area (Å²) in [5.41, 5.74) is 2.30. The quantitative estimate of drug-likeness (QED) is 0.132. The van der Waals surface area contributed by atoms with Gasteiger partial charge in [0, 0.05) is 11.1 Å². The van der Waals surface area contributed by atoms with Crippen LogP contribution in [0.5, 0.6) is 0 Å². The molecule has 2 fully saturated rings. The fourth-order valence-corrected chi connectivity index (χ4v) is 8.29. The molecule has 5 rings (SSSR count). The summed E-state index contributed by atoms with van der Waals surface area (Å²) in [5.74, 6) is -0.713. The van der Waals surface area contributed by atoms with Crippen LogP contribution in [0, 0.1) is 41.0 Å². The lowest BCUT2D eigenvalue weighted by Gasteiger charge is -2.38. The molecule has 0 aromatic heterocycles. The average Bonchev–Trinajstić information content (AvgIpc) is 3.07. The Balaban J connectivity index is 1.20. The second-order valence-corrected chi connectivity index (χ2v) is 14.0. The second kappa shape index (κ2) is 16.3. The van der Waals surface area contributed by atoms with Crippen molar-refractivity contribution in [1.29, 1.82) is 0 Å². The third-order valence-corrected chi connectivity index (χ3v) is 11.0. The molecule has 0 heterocycles. The molecule has 3 aromatic carbocycles. The van der Waals surface area contributed by atoms with Crippen molar-refractivity contribution < 1.29 is 17.6 Å². The topological polar surface area (TPSA) is 0 Å². The molecular weight excluding hydrogens is 568 g/mol. The molecule has 2 aliphatic rings. The maximum Gasteiger partial charge on any atom is 0.166 e. The van der Waals surface area contributed by atoms with Crippen molar-refractivity contribution in [2.75, 3.05) is 0 Å². The summed E-state index contributed by atoms with van der Waals surface area (Å²) in [6.45, 7) is 4.45. The second-order valence-electron chi connectivity index (χ2n) is 14.0. The van der Waals surface area contributed by atoms with Crippen molar-refractivity contribution >= 4 is 0 Å². The van der Waals surface area contributed by atoms with Gasteiger partial charge in [0.05, 0.1) is 0 Å². The van der Waals surface area contributed by atoms with Crippen LogP contribution in [0.2, 0.25) is 0 Å². The fraction of sp³-hybridized carbons (Fsp3) is 0.561. The van der Waals surface area contributed by atoms with Gasteiger partial charge in [0.25, 0.3) is 0 Å². The van der Waals surface area contributed by atoms with Crippen molar-refractivity contribution in [3.8, 4) is 22.3 Å². The van der Waals surface area contributed by atoms with Gasteiger partial charge in [-0.2, -0.15) is 0 Å². The first-order valence-corrected chi connectivity index (χ1v) is 18.0. The van der Waals surface area contributed by atoms with Gasteiger partial charge in [-0.15, -0.1) is 0 Å². The number of unbranched alkanes of at least 4 members (excludes halogenated alkanes) is 5. The van der Waals surface area contributed by atoms with E-state index in [0.29, 0.717) is 28.7 Å². The number of benzene rings is 3. The Kier molecular flexibility index (Phi) is 12.2. The van der Waals surface area contributed by atoms with Gasteiger partial charge in [0.1, 0.15) is 0 Å². The molecule has 0 atom stereocenters. The van der Waals surface area contributed by atoms with E-state index in [1.54, 1.807) is 48.5 Å². The molecule has 0 N–H and O–H groups in total. The molecule has 0 unspecified atom stereocenters. The molecule has 45 heavy (non-hydrogen) atoms. The zero-order valence-corrected chi connectivity index (χ0v) is 27.5. The molecule has 0 amide bonds. The smallest absolute Gasteiger partial charge is 0.166 e. The predicted molar refractivity (Wildman–Crippen MR) is 179 cm³/mol. The molecule has 0 spiro atoms. The van der Waals surface area contributed by atoms with Crippen molar-refractivity contribution in [1.82, 2.24) is 0 Å². The van der Waals surface area contributed by atoms with E-state index in [0.717, 1.165) is 62.7 Å².